The Bertz CT molecular complexity index is 349. The van der Waals surface area contributed by atoms with E-state index in [4.69, 9.17) is 4.74 Å². The van der Waals surface area contributed by atoms with Crippen molar-refractivity contribution in [3.8, 4) is 5.75 Å². The zero-order valence-electron chi connectivity index (χ0n) is 10.6. The van der Waals surface area contributed by atoms with Crippen LogP contribution < -0.4 is 4.74 Å². The maximum atomic E-state index is 10.1. The molecular weight excluding hydrogens is 212 g/mol. The topological polar surface area (TPSA) is 29.5 Å². The van der Waals surface area contributed by atoms with Gasteiger partial charge in [-0.2, -0.15) is 0 Å². The van der Waals surface area contributed by atoms with Crippen molar-refractivity contribution in [1.29, 1.82) is 0 Å². The molecule has 2 unspecified atom stereocenters. The molecule has 1 aromatic carbocycles. The van der Waals surface area contributed by atoms with Crippen LogP contribution in [-0.4, -0.2) is 17.8 Å². The summed E-state index contributed by atoms with van der Waals surface area (Å²) in [7, 11) is 0. The maximum absolute atomic E-state index is 10.1. The molecule has 0 amide bonds. The molecule has 1 aliphatic carbocycles. The smallest absolute Gasteiger partial charge is 0.122 e. The number of aliphatic hydroxyl groups is 1. The van der Waals surface area contributed by atoms with Gasteiger partial charge in [0, 0.05) is 5.92 Å². The number of hydrogen-bond acceptors (Lipinski definition) is 2. The van der Waals surface area contributed by atoms with Gasteiger partial charge in [-0.15, -0.1) is 0 Å². The highest BCUT2D eigenvalue weighted by atomic mass is 16.5. The summed E-state index contributed by atoms with van der Waals surface area (Å²) in [5.41, 5.74) is 1.19. The van der Waals surface area contributed by atoms with E-state index < -0.39 is 0 Å². The Morgan fingerprint density at radius 1 is 1.24 bits per heavy atom. The van der Waals surface area contributed by atoms with Crippen molar-refractivity contribution in [1.82, 2.24) is 0 Å². The van der Waals surface area contributed by atoms with Crippen molar-refractivity contribution < 1.29 is 9.84 Å². The van der Waals surface area contributed by atoms with Gasteiger partial charge in [0.05, 0.1) is 12.7 Å². The molecule has 0 bridgehead atoms. The lowest BCUT2D eigenvalue weighted by Crippen LogP contribution is -2.23. The summed E-state index contributed by atoms with van der Waals surface area (Å²) >= 11 is 0. The van der Waals surface area contributed by atoms with Crippen LogP contribution in [0.3, 0.4) is 0 Å². The van der Waals surface area contributed by atoms with Crippen LogP contribution >= 0.6 is 0 Å². The second kappa shape index (κ2) is 6.06. The normalized spacial score (nSPS) is 24.6. The average molecular weight is 234 g/mol. The summed E-state index contributed by atoms with van der Waals surface area (Å²) in [6, 6.07) is 8.16. The highest BCUT2D eigenvalue weighted by Crippen LogP contribution is 2.37. The minimum Gasteiger partial charge on any atom is -0.493 e. The minimum atomic E-state index is -0.199. The van der Waals surface area contributed by atoms with Gasteiger partial charge in [-0.05, 0) is 30.9 Å². The van der Waals surface area contributed by atoms with E-state index >= 15 is 0 Å². The van der Waals surface area contributed by atoms with E-state index in [0.717, 1.165) is 38.0 Å². The molecule has 17 heavy (non-hydrogen) atoms. The predicted molar refractivity (Wildman–Crippen MR) is 69.4 cm³/mol. The van der Waals surface area contributed by atoms with E-state index in [9.17, 15) is 5.11 Å². The quantitative estimate of drug-likeness (QED) is 0.864. The van der Waals surface area contributed by atoms with Gasteiger partial charge in [-0.25, -0.2) is 0 Å². The van der Waals surface area contributed by atoms with Gasteiger partial charge in [0.25, 0.3) is 0 Å². The van der Waals surface area contributed by atoms with Crippen molar-refractivity contribution in [2.24, 2.45) is 0 Å². The largest absolute Gasteiger partial charge is 0.493 e. The lowest BCUT2D eigenvalue weighted by atomic mass is 9.81. The summed E-state index contributed by atoms with van der Waals surface area (Å²) in [6.45, 7) is 2.86. The third kappa shape index (κ3) is 3.01. The summed E-state index contributed by atoms with van der Waals surface area (Å²) in [5.74, 6) is 1.22. The van der Waals surface area contributed by atoms with Crippen molar-refractivity contribution in [2.75, 3.05) is 6.61 Å². The summed E-state index contributed by atoms with van der Waals surface area (Å²) in [4.78, 5) is 0. The predicted octanol–water partition coefficient (Wildman–Crippen LogP) is 3.49. The molecule has 1 fully saturated rings. The lowest BCUT2D eigenvalue weighted by Gasteiger charge is -2.29. The van der Waals surface area contributed by atoms with Crippen LogP contribution in [0.25, 0.3) is 0 Å². The van der Waals surface area contributed by atoms with E-state index in [1.165, 1.54) is 12.0 Å². The van der Waals surface area contributed by atoms with Crippen LogP contribution in [0.1, 0.15) is 50.5 Å². The molecule has 0 aliphatic heterocycles. The fourth-order valence-corrected chi connectivity index (χ4v) is 2.60. The van der Waals surface area contributed by atoms with E-state index in [1.807, 2.05) is 18.2 Å². The fraction of sp³-hybridized carbons (Fsp3) is 0.600. The van der Waals surface area contributed by atoms with Gasteiger partial charge >= 0.3 is 0 Å². The van der Waals surface area contributed by atoms with Crippen LogP contribution in [0.4, 0.5) is 0 Å². The lowest BCUT2D eigenvalue weighted by molar-refractivity contribution is 0.104. The Hall–Kier alpha value is -1.02. The molecule has 2 atom stereocenters. The van der Waals surface area contributed by atoms with Crippen molar-refractivity contribution in [3.63, 3.8) is 0 Å². The van der Waals surface area contributed by atoms with Gasteiger partial charge < -0.3 is 9.84 Å². The number of benzene rings is 1. The number of aliphatic hydroxyl groups excluding tert-OH is 1. The van der Waals surface area contributed by atoms with E-state index in [2.05, 4.69) is 13.0 Å². The molecule has 2 rings (SSSR count). The molecule has 0 spiro atoms. The maximum Gasteiger partial charge on any atom is 0.122 e. The van der Waals surface area contributed by atoms with Gasteiger partial charge in [0.2, 0.25) is 0 Å². The zero-order valence-corrected chi connectivity index (χ0v) is 10.6. The Morgan fingerprint density at radius 2 is 2.00 bits per heavy atom. The Labute approximate surface area is 104 Å². The third-order valence-corrected chi connectivity index (χ3v) is 3.51. The van der Waals surface area contributed by atoms with Crippen LogP contribution in [0, 0.1) is 0 Å². The molecule has 0 heterocycles. The molecule has 1 aliphatic rings. The molecule has 0 saturated heterocycles. The Balaban J connectivity index is 2.17. The van der Waals surface area contributed by atoms with Crippen LogP contribution in [0.15, 0.2) is 24.3 Å². The van der Waals surface area contributed by atoms with Crippen molar-refractivity contribution in [3.05, 3.63) is 29.8 Å². The second-order valence-corrected chi connectivity index (χ2v) is 4.84. The standard InChI is InChI=1S/C15H22O2/c1-2-11-17-15-10-6-4-8-13(15)12-7-3-5-9-14(12)16/h4,6,8,10,12,14,16H,2-3,5,7,9,11H2,1H3. The minimum absolute atomic E-state index is 0.199. The average Bonchev–Trinajstić information content (AvgIpc) is 2.37. The first kappa shape index (κ1) is 12.4. The third-order valence-electron chi connectivity index (χ3n) is 3.51. The number of rotatable bonds is 4. The molecule has 1 aromatic rings. The molecular formula is C15H22O2. The second-order valence-electron chi connectivity index (χ2n) is 4.84. The van der Waals surface area contributed by atoms with E-state index in [-0.39, 0.29) is 12.0 Å². The number of para-hydroxylation sites is 1. The molecule has 1 N–H and O–H groups in total. The van der Waals surface area contributed by atoms with Gasteiger partial charge in [-0.1, -0.05) is 38.0 Å². The highest BCUT2D eigenvalue weighted by molar-refractivity contribution is 5.37. The molecule has 2 nitrogen and oxygen atoms in total. The zero-order chi connectivity index (χ0) is 12.1. The monoisotopic (exact) mass is 234 g/mol. The first-order valence-electron chi connectivity index (χ1n) is 6.72. The van der Waals surface area contributed by atoms with Gasteiger partial charge in [0.1, 0.15) is 5.75 Å². The first-order chi connectivity index (χ1) is 8.33. The first-order valence-corrected chi connectivity index (χ1v) is 6.72. The summed E-state index contributed by atoms with van der Waals surface area (Å²) in [6.07, 6.45) is 5.18. The fourth-order valence-electron chi connectivity index (χ4n) is 2.60. The molecule has 0 aromatic heterocycles. The molecule has 0 radical (unpaired) electrons. The summed E-state index contributed by atoms with van der Waals surface area (Å²) < 4.78 is 5.78. The highest BCUT2D eigenvalue weighted by Gasteiger charge is 2.26. The Morgan fingerprint density at radius 3 is 2.76 bits per heavy atom. The molecule has 2 heteroatoms. The number of hydrogen-bond donors (Lipinski definition) is 1. The van der Waals surface area contributed by atoms with E-state index in [0.29, 0.717) is 0 Å². The molecule has 94 valence electrons. The van der Waals surface area contributed by atoms with Crippen molar-refractivity contribution in [2.45, 2.75) is 51.0 Å². The molecule has 1 saturated carbocycles. The van der Waals surface area contributed by atoms with Gasteiger partial charge in [0.15, 0.2) is 0 Å². The van der Waals surface area contributed by atoms with Gasteiger partial charge in [-0.3, -0.25) is 0 Å². The van der Waals surface area contributed by atoms with Crippen LogP contribution in [0.5, 0.6) is 5.75 Å². The Kier molecular flexibility index (Phi) is 4.43. The van der Waals surface area contributed by atoms with Crippen LogP contribution in [0.2, 0.25) is 0 Å². The van der Waals surface area contributed by atoms with Crippen LogP contribution in [-0.2, 0) is 0 Å². The van der Waals surface area contributed by atoms with Crippen molar-refractivity contribution >= 4 is 0 Å². The SMILES string of the molecule is CCCOc1ccccc1C1CCCCC1O. The summed E-state index contributed by atoms with van der Waals surface area (Å²) in [5, 5.41) is 10.1. The number of ether oxygens (including phenoxy) is 1. The van der Waals surface area contributed by atoms with E-state index in [1.54, 1.807) is 0 Å².